The molecule has 3 heterocycles. The van der Waals surface area contributed by atoms with E-state index in [0.29, 0.717) is 38.8 Å². The smallest absolute Gasteiger partial charge is 0.259 e. The first-order valence-corrected chi connectivity index (χ1v) is 8.80. The number of amides is 1. The Labute approximate surface area is 165 Å². The lowest BCUT2D eigenvalue weighted by Crippen LogP contribution is -2.13. The van der Waals surface area contributed by atoms with Crippen LogP contribution < -0.4 is 10.1 Å². The molecule has 0 saturated heterocycles. The average Bonchev–Trinajstić information content (AvgIpc) is 3.22. The van der Waals surface area contributed by atoms with Gasteiger partial charge < -0.3 is 10.1 Å². The fourth-order valence-electron chi connectivity index (χ4n) is 3.06. The first-order valence-electron chi connectivity index (χ1n) is 8.42. The first-order chi connectivity index (χ1) is 13.5. The molecular formula is C19H17ClN6O2. The van der Waals surface area contributed by atoms with Crippen molar-refractivity contribution in [1.29, 1.82) is 0 Å². The molecule has 0 fully saturated rings. The number of rotatable bonds is 4. The first kappa shape index (κ1) is 18.0. The van der Waals surface area contributed by atoms with E-state index in [-0.39, 0.29) is 5.91 Å². The van der Waals surface area contributed by atoms with E-state index in [1.165, 1.54) is 6.20 Å². The van der Waals surface area contributed by atoms with Crippen LogP contribution >= 0.6 is 11.6 Å². The maximum atomic E-state index is 13.0. The minimum absolute atomic E-state index is 0.327. The summed E-state index contributed by atoms with van der Waals surface area (Å²) in [6, 6.07) is 5.24. The van der Waals surface area contributed by atoms with Gasteiger partial charge in [0.15, 0.2) is 0 Å². The molecule has 4 aromatic rings. The molecule has 0 aliphatic heterocycles. The Morgan fingerprint density at radius 1 is 1.14 bits per heavy atom. The molecule has 28 heavy (non-hydrogen) atoms. The zero-order chi connectivity index (χ0) is 19.8. The number of nitrogens with zero attached hydrogens (tertiary/aromatic N) is 5. The van der Waals surface area contributed by atoms with Gasteiger partial charge in [0.25, 0.3) is 5.91 Å². The van der Waals surface area contributed by atoms with Crippen LogP contribution in [0.15, 0.2) is 43.0 Å². The average molecular weight is 397 g/mol. The van der Waals surface area contributed by atoms with Crippen molar-refractivity contribution in [3.05, 3.63) is 53.6 Å². The molecule has 0 spiro atoms. The van der Waals surface area contributed by atoms with E-state index in [9.17, 15) is 4.79 Å². The van der Waals surface area contributed by atoms with Gasteiger partial charge in [-0.25, -0.2) is 0 Å². The molecule has 0 unspecified atom stereocenters. The molecule has 0 aliphatic rings. The minimum atomic E-state index is -0.327. The SMILES string of the molecule is COc1ccc(Cl)cc1-c1nn(C)cc1NC(=O)c1cncc2cn(C)nc12. The topological polar surface area (TPSA) is 86.9 Å². The van der Waals surface area contributed by atoms with E-state index in [1.54, 1.807) is 61.2 Å². The number of ether oxygens (including phenoxy) is 1. The number of fused-ring (bicyclic) bond motifs is 1. The molecule has 1 N–H and O–H groups in total. The molecule has 0 radical (unpaired) electrons. The van der Waals surface area contributed by atoms with Gasteiger partial charge >= 0.3 is 0 Å². The number of aryl methyl sites for hydroxylation is 2. The summed E-state index contributed by atoms with van der Waals surface area (Å²) in [7, 11) is 5.14. The Hall–Kier alpha value is -3.39. The summed E-state index contributed by atoms with van der Waals surface area (Å²) in [4.78, 5) is 17.1. The number of carbonyl (C=O) groups excluding carboxylic acids is 1. The summed E-state index contributed by atoms with van der Waals surface area (Å²) >= 11 is 6.16. The summed E-state index contributed by atoms with van der Waals surface area (Å²) in [5.41, 5.74) is 2.73. The van der Waals surface area contributed by atoms with Gasteiger partial charge in [0.2, 0.25) is 0 Å². The second-order valence-corrected chi connectivity index (χ2v) is 6.73. The van der Waals surface area contributed by atoms with Crippen LogP contribution in [0.5, 0.6) is 5.75 Å². The van der Waals surface area contributed by atoms with Gasteiger partial charge in [-0.3, -0.25) is 19.1 Å². The number of methoxy groups -OCH3 is 1. The van der Waals surface area contributed by atoms with Crippen molar-refractivity contribution >= 4 is 34.1 Å². The third-order valence-corrected chi connectivity index (χ3v) is 4.50. The number of nitrogens with one attached hydrogen (secondary N) is 1. The van der Waals surface area contributed by atoms with E-state index >= 15 is 0 Å². The van der Waals surface area contributed by atoms with Crippen LogP contribution in [-0.4, -0.2) is 37.6 Å². The molecule has 1 amide bonds. The van der Waals surface area contributed by atoms with Crippen LogP contribution in [0.4, 0.5) is 5.69 Å². The largest absolute Gasteiger partial charge is 0.496 e. The summed E-state index contributed by atoms with van der Waals surface area (Å²) in [6.07, 6.45) is 6.71. The van der Waals surface area contributed by atoms with Crippen LogP contribution in [0.25, 0.3) is 22.2 Å². The van der Waals surface area contributed by atoms with Crippen molar-refractivity contribution in [2.24, 2.45) is 14.1 Å². The highest BCUT2D eigenvalue weighted by atomic mass is 35.5. The molecule has 0 atom stereocenters. The summed E-state index contributed by atoms with van der Waals surface area (Å²) in [6.45, 7) is 0. The van der Waals surface area contributed by atoms with Crippen LogP contribution in [0.3, 0.4) is 0 Å². The number of anilines is 1. The van der Waals surface area contributed by atoms with Gasteiger partial charge in [-0.15, -0.1) is 0 Å². The molecule has 142 valence electrons. The predicted molar refractivity (Wildman–Crippen MR) is 107 cm³/mol. The lowest BCUT2D eigenvalue weighted by Gasteiger charge is -2.10. The van der Waals surface area contributed by atoms with Crippen molar-refractivity contribution in [1.82, 2.24) is 24.5 Å². The number of halogens is 1. The Kier molecular flexibility index (Phi) is 4.48. The minimum Gasteiger partial charge on any atom is -0.496 e. The molecule has 0 saturated carbocycles. The Balaban J connectivity index is 1.75. The molecule has 3 aromatic heterocycles. The van der Waals surface area contributed by atoms with Crippen LogP contribution in [-0.2, 0) is 14.1 Å². The highest BCUT2D eigenvalue weighted by Gasteiger charge is 2.20. The number of benzene rings is 1. The standard InChI is InChI=1S/C19H17ClN6O2/c1-25-9-11-7-21-8-14(17(11)23-25)19(27)22-15-10-26(2)24-18(15)13-6-12(20)4-5-16(13)28-3/h4-10H,1-3H3,(H,22,27). The zero-order valence-corrected chi connectivity index (χ0v) is 16.2. The van der Waals surface area contributed by atoms with E-state index in [2.05, 4.69) is 20.5 Å². The lowest BCUT2D eigenvalue weighted by molar-refractivity contribution is 0.102. The second-order valence-electron chi connectivity index (χ2n) is 6.29. The third kappa shape index (κ3) is 3.18. The van der Waals surface area contributed by atoms with Crippen molar-refractivity contribution in [3.8, 4) is 17.0 Å². The summed E-state index contributed by atoms with van der Waals surface area (Å²) < 4.78 is 8.69. The van der Waals surface area contributed by atoms with E-state index in [1.807, 2.05) is 6.20 Å². The number of carbonyl (C=O) groups is 1. The van der Waals surface area contributed by atoms with Gasteiger partial charge in [0, 0.05) is 54.9 Å². The third-order valence-electron chi connectivity index (χ3n) is 4.27. The summed E-state index contributed by atoms with van der Waals surface area (Å²) in [5.74, 6) is 0.277. The van der Waals surface area contributed by atoms with E-state index < -0.39 is 0 Å². The molecule has 9 heteroatoms. The molecular weight excluding hydrogens is 380 g/mol. The van der Waals surface area contributed by atoms with Gasteiger partial charge in [-0.2, -0.15) is 10.2 Å². The maximum Gasteiger partial charge on any atom is 0.259 e. The Morgan fingerprint density at radius 3 is 2.71 bits per heavy atom. The molecule has 1 aromatic carbocycles. The summed E-state index contributed by atoms with van der Waals surface area (Å²) in [5, 5.41) is 13.1. The van der Waals surface area contributed by atoms with Crippen molar-refractivity contribution < 1.29 is 9.53 Å². The van der Waals surface area contributed by atoms with Crippen molar-refractivity contribution in [2.75, 3.05) is 12.4 Å². The van der Waals surface area contributed by atoms with Gasteiger partial charge in [0.05, 0.1) is 18.4 Å². The van der Waals surface area contributed by atoms with Crippen LogP contribution in [0.2, 0.25) is 5.02 Å². The Morgan fingerprint density at radius 2 is 1.93 bits per heavy atom. The molecule has 4 rings (SSSR count). The number of hydrogen-bond donors (Lipinski definition) is 1. The predicted octanol–water partition coefficient (Wildman–Crippen LogP) is 3.28. The highest BCUT2D eigenvalue weighted by molar-refractivity contribution is 6.31. The normalized spacial score (nSPS) is 11.0. The lowest BCUT2D eigenvalue weighted by atomic mass is 10.1. The van der Waals surface area contributed by atoms with Crippen molar-refractivity contribution in [3.63, 3.8) is 0 Å². The van der Waals surface area contributed by atoms with E-state index in [0.717, 1.165) is 5.39 Å². The number of aromatic nitrogens is 5. The van der Waals surface area contributed by atoms with Gasteiger partial charge in [-0.1, -0.05) is 11.6 Å². The molecule has 0 bridgehead atoms. The number of hydrogen-bond acceptors (Lipinski definition) is 5. The van der Waals surface area contributed by atoms with Crippen molar-refractivity contribution in [2.45, 2.75) is 0 Å². The van der Waals surface area contributed by atoms with Crippen LogP contribution in [0, 0.1) is 0 Å². The fourth-order valence-corrected chi connectivity index (χ4v) is 3.24. The fraction of sp³-hybridized carbons (Fsp3) is 0.158. The van der Waals surface area contributed by atoms with E-state index in [4.69, 9.17) is 16.3 Å². The monoisotopic (exact) mass is 396 g/mol. The highest BCUT2D eigenvalue weighted by Crippen LogP contribution is 2.36. The van der Waals surface area contributed by atoms with Crippen LogP contribution in [0.1, 0.15) is 10.4 Å². The van der Waals surface area contributed by atoms with Gasteiger partial charge in [-0.05, 0) is 18.2 Å². The molecule has 8 nitrogen and oxygen atoms in total. The Bertz CT molecular complexity index is 1200. The number of pyridine rings is 1. The second kappa shape index (κ2) is 6.97. The van der Waals surface area contributed by atoms with Gasteiger partial charge in [0.1, 0.15) is 17.0 Å². The quantitative estimate of drug-likeness (QED) is 0.572. The maximum absolute atomic E-state index is 13.0. The zero-order valence-electron chi connectivity index (χ0n) is 15.5. The molecule has 0 aliphatic carbocycles.